The van der Waals surface area contributed by atoms with E-state index < -0.39 is 28.6 Å². The third-order valence-electron chi connectivity index (χ3n) is 4.50. The molecule has 13 heteroatoms. The van der Waals surface area contributed by atoms with Crippen molar-refractivity contribution in [3.8, 4) is 5.75 Å². The van der Waals surface area contributed by atoms with E-state index in [1.807, 2.05) is 0 Å². The number of aromatic nitrogens is 2. The average molecular weight is 517 g/mol. The molecule has 0 aliphatic rings. The summed E-state index contributed by atoms with van der Waals surface area (Å²) in [5, 5.41) is 2.54. The summed E-state index contributed by atoms with van der Waals surface area (Å²) < 4.78 is 72.2. The second-order valence-corrected chi connectivity index (χ2v) is 10.6. The van der Waals surface area contributed by atoms with Gasteiger partial charge in [0.05, 0.1) is 32.6 Å². The summed E-state index contributed by atoms with van der Waals surface area (Å²) in [5.41, 5.74) is 0.735. The first-order valence-electron chi connectivity index (χ1n) is 10.0. The summed E-state index contributed by atoms with van der Waals surface area (Å²) in [7, 11) is -3.54. The lowest BCUT2D eigenvalue weighted by atomic mass is 10.3. The van der Waals surface area contributed by atoms with E-state index in [9.17, 15) is 26.4 Å². The van der Waals surface area contributed by atoms with Crippen LogP contribution in [-0.2, 0) is 16.4 Å². The highest BCUT2D eigenvalue weighted by Gasteiger charge is 2.30. The number of benzene rings is 2. The first-order chi connectivity index (χ1) is 15.7. The van der Waals surface area contributed by atoms with Crippen LogP contribution in [0.4, 0.5) is 23.7 Å². The van der Waals surface area contributed by atoms with Crippen molar-refractivity contribution in [3.05, 3.63) is 42.2 Å². The number of amides is 2. The Kier molecular flexibility index (Phi) is 7.36. The fourth-order valence-electron chi connectivity index (χ4n) is 3.17. The number of aryl methyl sites for hydroxylation is 1. The Morgan fingerprint density at radius 1 is 1.24 bits per heavy atom. The number of nitrogens with zero attached hydrogens (tertiary/aromatic N) is 2. The molecular formula is C21H23F3N4O4S2. The molecule has 184 valence electrons. The first kappa shape index (κ1) is 25.7. The molecular weight excluding hydrogens is 493 g/mol. The number of fused-ring (bicyclic) bond motifs is 1. The van der Waals surface area contributed by atoms with Gasteiger partial charge in [-0.3, -0.25) is 4.72 Å². The Hall–Kier alpha value is -2.93. The Balaban J connectivity index is 1.84. The number of hydrogen-bond acceptors (Lipinski definition) is 6. The van der Waals surface area contributed by atoms with Crippen molar-refractivity contribution in [1.29, 1.82) is 0 Å². The van der Waals surface area contributed by atoms with Gasteiger partial charge in [0.1, 0.15) is 18.1 Å². The zero-order valence-corrected chi connectivity index (χ0v) is 20.4. The third kappa shape index (κ3) is 6.35. The number of halogens is 3. The van der Waals surface area contributed by atoms with Gasteiger partial charge in [-0.15, -0.1) is 0 Å². The zero-order chi connectivity index (χ0) is 25.3. The van der Waals surface area contributed by atoms with Gasteiger partial charge in [0.25, 0.3) is 0 Å². The summed E-state index contributed by atoms with van der Waals surface area (Å²) in [6.07, 6.45) is -3.65. The number of ether oxygens (including phenoxy) is 1. The maximum Gasteiger partial charge on any atom is 0.406 e. The molecule has 0 saturated carbocycles. The molecule has 3 rings (SSSR count). The maximum absolute atomic E-state index is 13.1. The molecule has 0 aliphatic carbocycles. The van der Waals surface area contributed by atoms with Gasteiger partial charge in [-0.2, -0.15) is 13.2 Å². The van der Waals surface area contributed by atoms with E-state index in [0.29, 0.717) is 10.4 Å². The summed E-state index contributed by atoms with van der Waals surface area (Å²) >= 11 is 0.811. The van der Waals surface area contributed by atoms with Crippen LogP contribution in [0.3, 0.4) is 0 Å². The number of para-hydroxylation sites is 1. The van der Waals surface area contributed by atoms with Crippen molar-refractivity contribution < 1.29 is 31.1 Å². The number of hydrogen-bond donors (Lipinski definition) is 2. The van der Waals surface area contributed by atoms with Crippen molar-refractivity contribution >= 4 is 44.5 Å². The van der Waals surface area contributed by atoms with Crippen LogP contribution < -0.4 is 14.8 Å². The molecule has 2 amide bonds. The van der Waals surface area contributed by atoms with Gasteiger partial charge in [0, 0.05) is 6.26 Å². The number of urea groups is 1. The fraction of sp³-hybridized carbons (Fsp3) is 0.333. The molecule has 34 heavy (non-hydrogen) atoms. The van der Waals surface area contributed by atoms with Crippen LogP contribution in [0.2, 0.25) is 0 Å². The smallest absolute Gasteiger partial charge is 0.406 e. The SMILES string of the molecule is Cc1nc2cccc(SNC(=O)Nc3cc(S(C)(=O)=O)ccc3OC(C)C)c2n1CC(F)(F)F. The molecule has 0 radical (unpaired) electrons. The van der Waals surface area contributed by atoms with Crippen molar-refractivity contribution in [2.75, 3.05) is 11.6 Å². The molecule has 0 aliphatic heterocycles. The summed E-state index contributed by atoms with van der Waals surface area (Å²) in [4.78, 5) is 17.1. The van der Waals surface area contributed by atoms with Crippen LogP contribution in [0.1, 0.15) is 19.7 Å². The first-order valence-corrected chi connectivity index (χ1v) is 12.7. The average Bonchev–Trinajstić information content (AvgIpc) is 3.00. The third-order valence-corrected chi connectivity index (χ3v) is 6.45. The minimum atomic E-state index is -4.45. The molecule has 0 unspecified atom stereocenters. The van der Waals surface area contributed by atoms with Crippen molar-refractivity contribution in [2.24, 2.45) is 0 Å². The number of anilines is 1. The van der Waals surface area contributed by atoms with Crippen LogP contribution >= 0.6 is 11.9 Å². The minimum Gasteiger partial charge on any atom is -0.489 e. The predicted molar refractivity (Wildman–Crippen MR) is 124 cm³/mol. The number of imidazole rings is 1. The van der Waals surface area contributed by atoms with Gasteiger partial charge in [-0.1, -0.05) is 6.07 Å². The quantitative estimate of drug-likeness (QED) is 0.432. The standard InChI is InChI=1S/C21H23F3N4O4S2/c1-12(2)32-17-9-8-14(34(4,30)31)10-16(17)26-20(29)27-33-18-7-5-6-15-19(18)28(13(3)25-15)11-21(22,23)24/h5-10,12H,11H2,1-4H3,(H2,26,27,29). The van der Waals surface area contributed by atoms with Crippen LogP contribution in [0.25, 0.3) is 11.0 Å². The lowest BCUT2D eigenvalue weighted by Gasteiger charge is -2.16. The van der Waals surface area contributed by atoms with E-state index >= 15 is 0 Å². The Morgan fingerprint density at radius 3 is 2.56 bits per heavy atom. The highest BCUT2D eigenvalue weighted by atomic mass is 32.2. The second kappa shape index (κ2) is 9.74. The molecule has 2 aromatic carbocycles. The number of carbonyl (C=O) groups is 1. The van der Waals surface area contributed by atoms with Gasteiger partial charge in [0.15, 0.2) is 9.84 Å². The predicted octanol–water partition coefficient (Wildman–Crippen LogP) is 4.93. The largest absolute Gasteiger partial charge is 0.489 e. The van der Waals surface area contributed by atoms with Gasteiger partial charge >= 0.3 is 12.2 Å². The summed E-state index contributed by atoms with van der Waals surface area (Å²) in [6.45, 7) is 3.81. The molecule has 1 aromatic heterocycles. The number of carbonyl (C=O) groups excluding carboxylic acids is 1. The molecule has 1 heterocycles. The number of alkyl halides is 3. The van der Waals surface area contributed by atoms with E-state index in [2.05, 4.69) is 15.0 Å². The maximum atomic E-state index is 13.1. The van der Waals surface area contributed by atoms with Crippen molar-refractivity contribution in [1.82, 2.24) is 14.3 Å². The van der Waals surface area contributed by atoms with Gasteiger partial charge in [-0.25, -0.2) is 18.2 Å². The Bertz CT molecular complexity index is 1320. The van der Waals surface area contributed by atoms with E-state index in [1.165, 1.54) is 25.1 Å². The number of sulfone groups is 1. The lowest BCUT2D eigenvalue weighted by Crippen LogP contribution is -2.24. The molecule has 0 saturated heterocycles. The van der Waals surface area contributed by atoms with Crippen LogP contribution in [-0.4, -0.2) is 42.5 Å². The molecule has 0 fully saturated rings. The minimum absolute atomic E-state index is 0.0112. The van der Waals surface area contributed by atoms with Crippen LogP contribution in [0, 0.1) is 6.92 Å². The van der Waals surface area contributed by atoms with Gasteiger partial charge in [-0.05, 0) is 63.1 Å². The van der Waals surface area contributed by atoms with Gasteiger partial charge in [0.2, 0.25) is 0 Å². The molecule has 2 N–H and O–H groups in total. The normalized spacial score (nSPS) is 12.2. The van der Waals surface area contributed by atoms with Gasteiger partial charge < -0.3 is 14.6 Å². The van der Waals surface area contributed by atoms with E-state index in [1.54, 1.807) is 32.0 Å². The van der Waals surface area contributed by atoms with E-state index in [4.69, 9.17) is 4.74 Å². The van der Waals surface area contributed by atoms with E-state index in [-0.39, 0.29) is 33.8 Å². The molecule has 0 bridgehead atoms. The zero-order valence-electron chi connectivity index (χ0n) is 18.7. The second-order valence-electron chi connectivity index (χ2n) is 7.74. The highest BCUT2D eigenvalue weighted by molar-refractivity contribution is 7.98. The Morgan fingerprint density at radius 2 is 1.94 bits per heavy atom. The summed E-state index contributed by atoms with van der Waals surface area (Å²) in [6, 6.07) is 8.15. The molecule has 3 aromatic rings. The topological polar surface area (TPSA) is 102 Å². The monoisotopic (exact) mass is 516 g/mol. The highest BCUT2D eigenvalue weighted by Crippen LogP contribution is 2.31. The molecule has 8 nitrogen and oxygen atoms in total. The lowest BCUT2D eigenvalue weighted by molar-refractivity contribution is -0.140. The van der Waals surface area contributed by atoms with Crippen molar-refractivity contribution in [3.63, 3.8) is 0 Å². The number of rotatable bonds is 7. The fourth-order valence-corrected chi connectivity index (χ4v) is 4.53. The molecule has 0 atom stereocenters. The molecule has 0 spiro atoms. The van der Waals surface area contributed by atoms with Crippen LogP contribution in [0.5, 0.6) is 5.75 Å². The van der Waals surface area contributed by atoms with Crippen LogP contribution in [0.15, 0.2) is 46.2 Å². The van der Waals surface area contributed by atoms with E-state index in [0.717, 1.165) is 22.8 Å². The Labute approximate surface area is 198 Å². The number of nitrogens with one attached hydrogen (secondary N) is 2. The van der Waals surface area contributed by atoms with Crippen molar-refractivity contribution in [2.45, 2.75) is 49.4 Å². The summed E-state index contributed by atoms with van der Waals surface area (Å²) in [5.74, 6) is 0.460.